The SMILES string of the molecule is CCn1c(-c2cc(N3CCN(C4CC4)CC3)cnc2[C@H](C)OC)c(CC(C)(C)CO)c2cc(-c3nnc(C[C@H](NC(=O)OCc4ccccc4)C(=O)O)o3)ccc21. The molecule has 0 spiro atoms. The molecule has 1 aliphatic carbocycles. The summed E-state index contributed by atoms with van der Waals surface area (Å²) in [6.07, 6.45) is 3.76. The maximum Gasteiger partial charge on any atom is 0.408 e. The number of anilines is 1. The van der Waals surface area contributed by atoms with Crippen LogP contribution in [0.4, 0.5) is 10.5 Å². The summed E-state index contributed by atoms with van der Waals surface area (Å²) in [6, 6.07) is 16.7. The van der Waals surface area contributed by atoms with Gasteiger partial charge in [-0.25, -0.2) is 9.59 Å². The number of carboxylic acid groups (broad SMARTS) is 1. The summed E-state index contributed by atoms with van der Waals surface area (Å²) in [5.74, 6) is -1.00. The van der Waals surface area contributed by atoms with Crippen LogP contribution in [-0.2, 0) is 40.3 Å². The highest BCUT2D eigenvalue weighted by Gasteiger charge is 2.33. The van der Waals surface area contributed by atoms with Gasteiger partial charge in [-0.3, -0.25) is 9.88 Å². The van der Waals surface area contributed by atoms with E-state index in [0.717, 1.165) is 76.9 Å². The standard InChI is InChI=1S/C43H53N7O7/c1-6-50-36-15-12-29(40-47-46-37(57-40)22-35(41(52)53)45-42(54)56-25-28-10-8-7-9-11-28)20-32(36)34(23-43(3,4)26-51)39(50)33-21-31(24-44-38(33)27(2)55-5)49-18-16-48(17-19-49)30-13-14-30/h7-12,15,20-21,24,27,30,35,51H,6,13-14,16-19,22-23,25-26H2,1-5H3,(H,45,54)(H,52,53)/t27-,35-/m0/s1. The van der Waals surface area contributed by atoms with E-state index in [0.29, 0.717) is 18.5 Å². The van der Waals surface area contributed by atoms with Crippen molar-refractivity contribution in [2.75, 3.05) is 44.8 Å². The summed E-state index contributed by atoms with van der Waals surface area (Å²) in [5, 5.41) is 32.2. The van der Waals surface area contributed by atoms with Crippen molar-refractivity contribution < 1.29 is 33.7 Å². The lowest BCUT2D eigenvalue weighted by atomic mass is 9.84. The summed E-state index contributed by atoms with van der Waals surface area (Å²) in [6.45, 7) is 12.9. The van der Waals surface area contributed by atoms with Crippen LogP contribution in [0.5, 0.6) is 0 Å². The second kappa shape index (κ2) is 17.0. The maximum atomic E-state index is 12.5. The van der Waals surface area contributed by atoms with Crippen LogP contribution in [0, 0.1) is 5.41 Å². The molecule has 14 heteroatoms. The molecule has 3 aromatic heterocycles. The van der Waals surface area contributed by atoms with E-state index >= 15 is 0 Å². The molecule has 0 bridgehead atoms. The van der Waals surface area contributed by atoms with E-state index in [1.54, 1.807) is 19.2 Å². The van der Waals surface area contributed by atoms with Crippen LogP contribution in [0.2, 0.25) is 0 Å². The molecule has 1 saturated carbocycles. The van der Waals surface area contributed by atoms with Crippen molar-refractivity contribution in [1.29, 1.82) is 0 Å². The number of hydrogen-bond donors (Lipinski definition) is 3. The number of carbonyl (C=O) groups excluding carboxylic acids is 1. The molecule has 3 N–H and O–H groups in total. The van der Waals surface area contributed by atoms with Crippen molar-refractivity contribution in [3.63, 3.8) is 0 Å². The van der Waals surface area contributed by atoms with Gasteiger partial charge in [0, 0.05) is 74.5 Å². The number of nitrogens with zero attached hydrogens (tertiary/aromatic N) is 6. The summed E-state index contributed by atoms with van der Waals surface area (Å²) < 4.78 is 19.5. The zero-order valence-electron chi connectivity index (χ0n) is 33.4. The summed E-state index contributed by atoms with van der Waals surface area (Å²) >= 11 is 0. The predicted molar refractivity (Wildman–Crippen MR) is 216 cm³/mol. The van der Waals surface area contributed by atoms with Crippen molar-refractivity contribution in [2.24, 2.45) is 5.41 Å². The first-order valence-corrected chi connectivity index (χ1v) is 19.8. The molecular weight excluding hydrogens is 727 g/mol. The fraction of sp³-hybridized carbons (Fsp3) is 0.465. The second-order valence-corrected chi connectivity index (χ2v) is 15.9. The molecule has 0 unspecified atom stereocenters. The minimum Gasteiger partial charge on any atom is -0.480 e. The second-order valence-electron chi connectivity index (χ2n) is 15.9. The molecule has 1 aliphatic heterocycles. The van der Waals surface area contributed by atoms with Crippen LogP contribution in [0.1, 0.15) is 69.4 Å². The highest BCUT2D eigenvalue weighted by atomic mass is 16.5. The first-order chi connectivity index (χ1) is 27.5. The molecule has 0 radical (unpaired) electrons. The summed E-state index contributed by atoms with van der Waals surface area (Å²) in [5.41, 5.74) is 6.96. The van der Waals surface area contributed by atoms with E-state index in [1.807, 2.05) is 49.5 Å². The Bertz CT molecular complexity index is 2190. The number of aryl methyl sites for hydroxylation is 1. The normalized spacial score (nSPS) is 16.1. The van der Waals surface area contributed by atoms with Crippen LogP contribution in [-0.4, -0.2) is 98.9 Å². The van der Waals surface area contributed by atoms with Gasteiger partial charge in [0.15, 0.2) is 0 Å². The van der Waals surface area contributed by atoms with Gasteiger partial charge in [-0.2, -0.15) is 0 Å². The molecule has 1 saturated heterocycles. The molecule has 5 aromatic rings. The lowest BCUT2D eigenvalue weighted by Gasteiger charge is -2.36. The van der Waals surface area contributed by atoms with Crippen molar-refractivity contribution in [1.82, 2.24) is 30.0 Å². The number of pyridine rings is 1. The highest BCUT2D eigenvalue weighted by Crippen LogP contribution is 2.43. The van der Waals surface area contributed by atoms with Crippen LogP contribution < -0.4 is 10.2 Å². The largest absolute Gasteiger partial charge is 0.480 e. The molecule has 2 atom stereocenters. The summed E-state index contributed by atoms with van der Waals surface area (Å²) in [4.78, 5) is 34.7. The van der Waals surface area contributed by atoms with Crippen molar-refractivity contribution in [3.05, 3.63) is 83.5 Å². The number of fused-ring (bicyclic) bond motifs is 1. The van der Waals surface area contributed by atoms with Gasteiger partial charge in [0.05, 0.1) is 35.8 Å². The van der Waals surface area contributed by atoms with E-state index in [1.165, 1.54) is 12.8 Å². The Kier molecular flexibility index (Phi) is 11.9. The van der Waals surface area contributed by atoms with Crippen LogP contribution in [0.25, 0.3) is 33.6 Å². The van der Waals surface area contributed by atoms with E-state index in [-0.39, 0.29) is 37.5 Å². The number of carbonyl (C=O) groups is 2. The average Bonchev–Trinajstić information content (AvgIpc) is 3.90. The van der Waals surface area contributed by atoms with E-state index in [4.69, 9.17) is 18.9 Å². The zero-order valence-corrected chi connectivity index (χ0v) is 33.4. The Hall–Kier alpha value is -5.31. The van der Waals surface area contributed by atoms with Gasteiger partial charge in [0.25, 0.3) is 0 Å². The zero-order chi connectivity index (χ0) is 40.3. The molecule has 2 aliphatic rings. The number of amides is 1. The van der Waals surface area contributed by atoms with Crippen molar-refractivity contribution >= 4 is 28.7 Å². The number of aliphatic hydroxyl groups excluding tert-OH is 1. The summed E-state index contributed by atoms with van der Waals surface area (Å²) in [7, 11) is 1.70. The Labute approximate surface area is 332 Å². The number of ether oxygens (including phenoxy) is 2. The Morgan fingerprint density at radius 2 is 1.81 bits per heavy atom. The third-order valence-electron chi connectivity index (χ3n) is 11.1. The van der Waals surface area contributed by atoms with Gasteiger partial charge in [0.1, 0.15) is 12.6 Å². The van der Waals surface area contributed by atoms with Gasteiger partial charge in [-0.1, -0.05) is 44.2 Å². The topological polar surface area (TPSA) is 168 Å². The van der Waals surface area contributed by atoms with E-state index in [2.05, 4.69) is 56.7 Å². The Morgan fingerprint density at radius 1 is 1.05 bits per heavy atom. The number of carboxylic acids is 1. The van der Waals surface area contributed by atoms with Crippen molar-refractivity contribution in [3.8, 4) is 22.7 Å². The molecule has 7 rings (SSSR count). The first kappa shape index (κ1) is 39.9. The third-order valence-corrected chi connectivity index (χ3v) is 11.1. The molecule has 2 aromatic carbocycles. The lowest BCUT2D eigenvalue weighted by molar-refractivity contribution is -0.139. The average molecular weight is 780 g/mol. The smallest absolute Gasteiger partial charge is 0.408 e. The van der Waals surface area contributed by atoms with Gasteiger partial charge >= 0.3 is 12.1 Å². The van der Waals surface area contributed by atoms with E-state index < -0.39 is 23.5 Å². The van der Waals surface area contributed by atoms with Crippen LogP contribution in [0.15, 0.2) is 65.2 Å². The van der Waals surface area contributed by atoms with Gasteiger partial charge in [-0.05, 0) is 73.9 Å². The molecular formula is C43H53N7O7. The quantitative estimate of drug-likeness (QED) is 0.103. The number of aliphatic carboxylic acids is 1. The number of aliphatic hydroxyl groups is 1. The molecule has 57 heavy (non-hydrogen) atoms. The highest BCUT2D eigenvalue weighted by molar-refractivity contribution is 5.95. The maximum absolute atomic E-state index is 12.5. The van der Waals surface area contributed by atoms with Gasteiger partial charge in [-0.15, -0.1) is 10.2 Å². The number of aromatic nitrogens is 4. The lowest BCUT2D eigenvalue weighted by Crippen LogP contribution is -2.47. The molecule has 4 heterocycles. The molecule has 14 nitrogen and oxygen atoms in total. The Morgan fingerprint density at radius 3 is 2.47 bits per heavy atom. The number of hydrogen-bond acceptors (Lipinski definition) is 11. The Balaban J connectivity index is 1.22. The van der Waals surface area contributed by atoms with Gasteiger partial charge < -0.3 is 38.9 Å². The fourth-order valence-corrected chi connectivity index (χ4v) is 7.69. The number of alkyl carbamates (subject to hydrolysis) is 1. The number of nitrogens with one attached hydrogen (secondary N) is 1. The fourth-order valence-electron chi connectivity index (χ4n) is 7.69. The predicted octanol–water partition coefficient (Wildman–Crippen LogP) is 6.25. The third kappa shape index (κ3) is 8.98. The number of rotatable bonds is 16. The monoisotopic (exact) mass is 779 g/mol. The molecule has 1 amide bonds. The number of piperazine rings is 1. The van der Waals surface area contributed by atoms with Crippen LogP contribution in [0.3, 0.4) is 0 Å². The van der Waals surface area contributed by atoms with E-state index in [9.17, 15) is 19.8 Å². The van der Waals surface area contributed by atoms with Crippen molar-refractivity contribution in [2.45, 2.75) is 84.7 Å². The molecule has 302 valence electrons. The minimum atomic E-state index is -1.35. The first-order valence-electron chi connectivity index (χ1n) is 19.8. The van der Waals surface area contributed by atoms with Gasteiger partial charge in [0.2, 0.25) is 11.8 Å². The minimum absolute atomic E-state index is 0.00252. The number of methoxy groups -OCH3 is 1. The van der Waals surface area contributed by atoms with Crippen LogP contribution >= 0.6 is 0 Å². The number of benzene rings is 2. The molecule has 2 fully saturated rings.